The van der Waals surface area contributed by atoms with Crippen molar-refractivity contribution >= 4 is 27.5 Å². The van der Waals surface area contributed by atoms with E-state index in [1.165, 1.54) is 37.3 Å². The molecule has 1 atom stereocenters. The summed E-state index contributed by atoms with van der Waals surface area (Å²) in [6.45, 7) is 7.45. The molecule has 0 heterocycles. The molecule has 41 heavy (non-hydrogen) atoms. The van der Waals surface area contributed by atoms with Crippen molar-refractivity contribution in [2.24, 2.45) is 0 Å². The third kappa shape index (κ3) is 7.58. The summed E-state index contributed by atoms with van der Waals surface area (Å²) >= 11 is 0. The molecule has 1 unspecified atom stereocenters. The van der Waals surface area contributed by atoms with Gasteiger partial charge in [0.25, 0.3) is 10.0 Å². The zero-order valence-electron chi connectivity index (χ0n) is 24.5. The summed E-state index contributed by atoms with van der Waals surface area (Å²) in [6, 6.07) is 18.0. The maximum atomic E-state index is 14.1. The highest BCUT2D eigenvalue weighted by atomic mass is 32.2. The Hall–Kier alpha value is -4.05. The third-order valence-electron chi connectivity index (χ3n) is 6.72. The van der Waals surface area contributed by atoms with E-state index in [0.717, 1.165) is 21.0 Å². The van der Waals surface area contributed by atoms with E-state index in [9.17, 15) is 18.0 Å². The zero-order chi connectivity index (χ0) is 30.2. The van der Waals surface area contributed by atoms with Crippen LogP contribution in [0.1, 0.15) is 37.0 Å². The molecule has 0 aromatic heterocycles. The van der Waals surface area contributed by atoms with E-state index < -0.39 is 28.5 Å². The molecule has 3 aromatic carbocycles. The zero-order valence-corrected chi connectivity index (χ0v) is 25.3. The van der Waals surface area contributed by atoms with Crippen LogP contribution in [-0.2, 0) is 26.2 Å². The monoisotopic (exact) mass is 581 g/mol. The van der Waals surface area contributed by atoms with Crippen LogP contribution in [0.2, 0.25) is 0 Å². The molecule has 2 amide bonds. The highest BCUT2D eigenvalue weighted by Gasteiger charge is 2.34. The van der Waals surface area contributed by atoms with Gasteiger partial charge in [-0.05, 0) is 57.0 Å². The van der Waals surface area contributed by atoms with Crippen molar-refractivity contribution < 1.29 is 27.5 Å². The largest absolute Gasteiger partial charge is 0.493 e. The summed E-state index contributed by atoms with van der Waals surface area (Å²) in [6.07, 6.45) is 0.352. The fraction of sp³-hybridized carbons (Fsp3) is 0.355. The standard InChI is InChI=1S/C31H39N3O6S/c1-7-27(31(36)32-8-2)33(20-24-11-9-10-23(4)18-24)30(35)21-34(25-14-17-28(39-5)29(19-25)40-6)41(37,38)26-15-12-22(3)13-16-26/h9-19,27H,7-8,20-21H2,1-6H3,(H,32,36). The Morgan fingerprint density at radius 2 is 1.56 bits per heavy atom. The van der Waals surface area contributed by atoms with E-state index in [4.69, 9.17) is 9.47 Å². The second-order valence-electron chi connectivity index (χ2n) is 9.69. The lowest BCUT2D eigenvalue weighted by Gasteiger charge is -2.33. The van der Waals surface area contributed by atoms with Crippen molar-refractivity contribution in [1.82, 2.24) is 10.2 Å². The van der Waals surface area contributed by atoms with Crippen molar-refractivity contribution in [2.75, 3.05) is 31.6 Å². The van der Waals surface area contributed by atoms with Gasteiger partial charge in [0.1, 0.15) is 12.6 Å². The number of benzene rings is 3. The second kappa shape index (κ2) is 14.0. The number of anilines is 1. The first-order valence-electron chi connectivity index (χ1n) is 13.5. The SMILES string of the molecule is CCNC(=O)C(CC)N(Cc1cccc(C)c1)C(=O)CN(c1ccc(OC)c(OC)c1)S(=O)(=O)c1ccc(C)cc1. The van der Waals surface area contributed by atoms with Crippen molar-refractivity contribution in [3.63, 3.8) is 0 Å². The van der Waals surface area contributed by atoms with Gasteiger partial charge in [-0.1, -0.05) is 54.4 Å². The normalized spacial score (nSPS) is 11.9. The molecule has 3 rings (SSSR count). The molecule has 0 spiro atoms. The maximum Gasteiger partial charge on any atom is 0.264 e. The minimum absolute atomic E-state index is 0.0340. The molecule has 0 radical (unpaired) electrons. The molecule has 9 nitrogen and oxygen atoms in total. The molecule has 3 aromatic rings. The summed E-state index contributed by atoms with van der Waals surface area (Å²) in [7, 11) is -1.26. The average Bonchev–Trinajstić information content (AvgIpc) is 2.95. The average molecular weight is 582 g/mol. The van der Waals surface area contributed by atoms with Gasteiger partial charge in [-0.2, -0.15) is 0 Å². The molecule has 0 bridgehead atoms. The number of carbonyl (C=O) groups is 2. The topological polar surface area (TPSA) is 105 Å². The van der Waals surface area contributed by atoms with Gasteiger partial charge in [-0.15, -0.1) is 0 Å². The molecule has 0 fully saturated rings. The maximum absolute atomic E-state index is 14.1. The van der Waals surface area contributed by atoms with E-state index in [2.05, 4.69) is 5.32 Å². The van der Waals surface area contributed by atoms with Gasteiger partial charge >= 0.3 is 0 Å². The first-order chi connectivity index (χ1) is 19.5. The number of hydrogen-bond acceptors (Lipinski definition) is 6. The Morgan fingerprint density at radius 3 is 2.15 bits per heavy atom. The summed E-state index contributed by atoms with van der Waals surface area (Å²) in [4.78, 5) is 28.7. The van der Waals surface area contributed by atoms with Crippen LogP contribution in [0.4, 0.5) is 5.69 Å². The fourth-order valence-electron chi connectivity index (χ4n) is 4.56. The van der Waals surface area contributed by atoms with Crippen LogP contribution in [0.15, 0.2) is 71.6 Å². The van der Waals surface area contributed by atoms with Crippen LogP contribution in [0.5, 0.6) is 11.5 Å². The van der Waals surface area contributed by atoms with E-state index >= 15 is 0 Å². The fourth-order valence-corrected chi connectivity index (χ4v) is 5.97. The smallest absolute Gasteiger partial charge is 0.264 e. The van der Waals surface area contributed by atoms with E-state index in [1.54, 1.807) is 24.3 Å². The summed E-state index contributed by atoms with van der Waals surface area (Å²) in [5.41, 5.74) is 2.96. The number of carbonyl (C=O) groups excluding carboxylic acids is 2. The molecule has 0 aliphatic carbocycles. The Balaban J connectivity index is 2.12. The van der Waals surface area contributed by atoms with Gasteiger partial charge < -0.3 is 19.7 Å². The van der Waals surface area contributed by atoms with Crippen LogP contribution in [0, 0.1) is 13.8 Å². The minimum atomic E-state index is -4.20. The molecule has 10 heteroatoms. The Bertz CT molecular complexity index is 1460. The number of nitrogens with zero attached hydrogens (tertiary/aromatic N) is 2. The highest BCUT2D eigenvalue weighted by Crippen LogP contribution is 2.34. The number of methoxy groups -OCH3 is 2. The third-order valence-corrected chi connectivity index (χ3v) is 8.50. The summed E-state index contributed by atoms with van der Waals surface area (Å²) in [5.74, 6) is -0.0873. The van der Waals surface area contributed by atoms with Crippen LogP contribution < -0.4 is 19.1 Å². The molecular formula is C31H39N3O6S. The lowest BCUT2D eigenvalue weighted by molar-refractivity contribution is -0.140. The summed E-state index contributed by atoms with van der Waals surface area (Å²) in [5, 5.41) is 2.81. The molecule has 220 valence electrons. The Labute approximate surface area is 243 Å². The molecule has 0 aliphatic rings. The predicted octanol–water partition coefficient (Wildman–Crippen LogP) is 4.46. The Kier molecular flexibility index (Phi) is 10.8. The number of ether oxygens (including phenoxy) is 2. The van der Waals surface area contributed by atoms with Crippen molar-refractivity contribution in [1.29, 1.82) is 0 Å². The number of amides is 2. The minimum Gasteiger partial charge on any atom is -0.493 e. The van der Waals surface area contributed by atoms with Crippen LogP contribution in [0.25, 0.3) is 0 Å². The lowest BCUT2D eigenvalue weighted by atomic mass is 10.1. The highest BCUT2D eigenvalue weighted by molar-refractivity contribution is 7.92. The molecule has 0 saturated carbocycles. The van der Waals surface area contributed by atoms with Crippen molar-refractivity contribution in [2.45, 2.75) is 51.6 Å². The number of rotatable bonds is 13. The van der Waals surface area contributed by atoms with E-state index in [0.29, 0.717) is 24.5 Å². The molecule has 0 saturated heterocycles. The van der Waals surface area contributed by atoms with Crippen LogP contribution in [0.3, 0.4) is 0 Å². The first kappa shape index (κ1) is 31.5. The van der Waals surface area contributed by atoms with E-state index in [1.807, 2.05) is 52.0 Å². The second-order valence-corrected chi connectivity index (χ2v) is 11.6. The van der Waals surface area contributed by atoms with Crippen LogP contribution >= 0.6 is 0 Å². The molecule has 1 N–H and O–H groups in total. The summed E-state index contributed by atoms with van der Waals surface area (Å²) < 4.78 is 39.9. The van der Waals surface area contributed by atoms with Gasteiger partial charge in [-0.3, -0.25) is 13.9 Å². The van der Waals surface area contributed by atoms with Gasteiger partial charge in [0, 0.05) is 19.2 Å². The van der Waals surface area contributed by atoms with Gasteiger partial charge in [-0.25, -0.2) is 8.42 Å². The number of sulfonamides is 1. The predicted molar refractivity (Wildman–Crippen MR) is 160 cm³/mol. The van der Waals surface area contributed by atoms with Crippen molar-refractivity contribution in [3.8, 4) is 11.5 Å². The van der Waals surface area contributed by atoms with Gasteiger partial charge in [0.15, 0.2) is 11.5 Å². The van der Waals surface area contributed by atoms with Crippen LogP contribution in [-0.4, -0.2) is 58.5 Å². The number of hydrogen-bond donors (Lipinski definition) is 1. The molecular weight excluding hydrogens is 542 g/mol. The molecule has 0 aliphatic heterocycles. The Morgan fingerprint density at radius 1 is 0.878 bits per heavy atom. The van der Waals surface area contributed by atoms with Gasteiger partial charge in [0.2, 0.25) is 11.8 Å². The number of nitrogens with one attached hydrogen (secondary N) is 1. The van der Waals surface area contributed by atoms with Gasteiger partial charge in [0.05, 0.1) is 24.8 Å². The number of aryl methyl sites for hydroxylation is 2. The van der Waals surface area contributed by atoms with E-state index in [-0.39, 0.29) is 23.0 Å². The van der Waals surface area contributed by atoms with Crippen molar-refractivity contribution in [3.05, 3.63) is 83.4 Å². The number of likely N-dealkylation sites (N-methyl/N-ethyl adjacent to an activating group) is 1. The lowest BCUT2D eigenvalue weighted by Crippen LogP contribution is -2.52. The quantitative estimate of drug-likeness (QED) is 0.320. The first-order valence-corrected chi connectivity index (χ1v) is 14.9.